The van der Waals surface area contributed by atoms with Gasteiger partial charge in [0.05, 0.1) is 0 Å². The first-order valence-corrected chi connectivity index (χ1v) is 8.21. The van der Waals surface area contributed by atoms with Crippen LogP contribution in [0.5, 0.6) is 0 Å². The predicted molar refractivity (Wildman–Crippen MR) is 81.4 cm³/mol. The van der Waals surface area contributed by atoms with Gasteiger partial charge in [-0.25, -0.2) is 4.98 Å². The van der Waals surface area contributed by atoms with Gasteiger partial charge in [-0.15, -0.1) is 5.10 Å². The van der Waals surface area contributed by atoms with Gasteiger partial charge in [0.2, 0.25) is 10.1 Å². The van der Waals surface area contributed by atoms with Crippen molar-refractivity contribution in [3.05, 3.63) is 22.6 Å². The molecule has 0 aliphatic heterocycles. The lowest BCUT2D eigenvalue weighted by Crippen LogP contribution is -2.24. The Morgan fingerprint density at radius 1 is 1.50 bits per heavy atom. The maximum absolute atomic E-state index is 11.7. The zero-order valence-electron chi connectivity index (χ0n) is 11.7. The van der Waals surface area contributed by atoms with E-state index in [9.17, 15) is 4.79 Å². The number of hydrogen-bond acceptors (Lipinski definition) is 5. The molecule has 3 rings (SSSR count). The Morgan fingerprint density at radius 2 is 2.40 bits per heavy atom. The Bertz CT molecular complexity index is 635. The van der Waals surface area contributed by atoms with Crippen molar-refractivity contribution in [3.63, 3.8) is 0 Å². The first kappa shape index (κ1) is 13.5. The van der Waals surface area contributed by atoms with Gasteiger partial charge in [0, 0.05) is 18.3 Å². The van der Waals surface area contributed by atoms with Crippen molar-refractivity contribution in [3.8, 4) is 0 Å². The number of anilines is 1. The molecule has 0 bridgehead atoms. The fraction of sp³-hybridized carbons (Fsp3) is 0.643. The number of hydrogen-bond donors (Lipinski definition) is 1. The summed E-state index contributed by atoms with van der Waals surface area (Å²) < 4.78 is 1.38. The van der Waals surface area contributed by atoms with Gasteiger partial charge in [-0.3, -0.25) is 4.79 Å². The fourth-order valence-corrected chi connectivity index (χ4v) is 3.84. The molecule has 0 unspecified atom stereocenters. The van der Waals surface area contributed by atoms with Crippen molar-refractivity contribution in [2.75, 3.05) is 5.32 Å². The number of rotatable bonds is 5. The van der Waals surface area contributed by atoms with Gasteiger partial charge in [-0.1, -0.05) is 37.5 Å². The maximum Gasteiger partial charge on any atom is 0.275 e. The minimum atomic E-state index is -0.117. The van der Waals surface area contributed by atoms with Gasteiger partial charge in [0.1, 0.15) is 0 Å². The van der Waals surface area contributed by atoms with Crippen molar-refractivity contribution >= 4 is 21.4 Å². The van der Waals surface area contributed by atoms with E-state index in [-0.39, 0.29) is 5.56 Å². The summed E-state index contributed by atoms with van der Waals surface area (Å²) in [5.41, 5.74) is -0.117. The van der Waals surface area contributed by atoms with Crippen molar-refractivity contribution in [1.29, 1.82) is 0 Å². The summed E-state index contributed by atoms with van der Waals surface area (Å²) in [6, 6.07) is 1.94. The Balaban J connectivity index is 1.75. The molecule has 0 saturated heterocycles. The van der Waals surface area contributed by atoms with Crippen LogP contribution in [-0.2, 0) is 0 Å². The third-order valence-corrected chi connectivity index (χ3v) is 4.92. The van der Waals surface area contributed by atoms with Gasteiger partial charge >= 0.3 is 0 Å². The molecular weight excluding hydrogens is 272 g/mol. The Morgan fingerprint density at radius 3 is 3.20 bits per heavy atom. The molecule has 2 heterocycles. The quantitative estimate of drug-likeness (QED) is 0.920. The topological polar surface area (TPSA) is 59.3 Å². The van der Waals surface area contributed by atoms with E-state index in [1.807, 2.05) is 0 Å². The lowest BCUT2D eigenvalue weighted by Gasteiger charge is -2.19. The maximum atomic E-state index is 11.7. The average molecular weight is 292 g/mol. The zero-order chi connectivity index (χ0) is 13.9. The average Bonchev–Trinajstić information content (AvgIpc) is 3.04. The standard InChI is InChI=1S/C14H20N4OS/c1-2-3-5-10-6-4-7-11(10)16-13-17-18-12(19)8-9-15-14(18)20-13/h8-11H,2-7H2,1H3,(H,16,17)/t10-,11+/m0/s1. The highest BCUT2D eigenvalue weighted by atomic mass is 32.1. The summed E-state index contributed by atoms with van der Waals surface area (Å²) in [7, 11) is 0. The lowest BCUT2D eigenvalue weighted by molar-refractivity contribution is 0.448. The third-order valence-electron chi connectivity index (χ3n) is 4.07. The van der Waals surface area contributed by atoms with Crippen LogP contribution >= 0.6 is 11.3 Å². The Hall–Kier alpha value is -1.43. The number of aromatic nitrogens is 3. The van der Waals surface area contributed by atoms with Crippen LogP contribution in [0.15, 0.2) is 17.1 Å². The Kier molecular flexibility index (Phi) is 4.00. The van der Waals surface area contributed by atoms with E-state index in [0.29, 0.717) is 11.0 Å². The summed E-state index contributed by atoms with van der Waals surface area (Å²) in [6.07, 6.45) is 9.17. The van der Waals surface area contributed by atoms with Gasteiger partial charge < -0.3 is 5.32 Å². The van der Waals surface area contributed by atoms with Crippen molar-refractivity contribution < 1.29 is 0 Å². The summed E-state index contributed by atoms with van der Waals surface area (Å²) >= 11 is 1.45. The molecule has 0 spiro atoms. The van der Waals surface area contributed by atoms with Crippen LogP contribution in [0.3, 0.4) is 0 Å². The number of nitrogens with zero attached hydrogens (tertiary/aromatic N) is 3. The lowest BCUT2D eigenvalue weighted by atomic mass is 9.97. The minimum absolute atomic E-state index is 0.117. The van der Waals surface area contributed by atoms with Crippen LogP contribution in [0.4, 0.5) is 5.13 Å². The number of unbranched alkanes of at least 4 members (excludes halogenated alkanes) is 1. The van der Waals surface area contributed by atoms with Crippen molar-refractivity contribution in [2.24, 2.45) is 5.92 Å². The van der Waals surface area contributed by atoms with Crippen molar-refractivity contribution in [2.45, 2.75) is 51.5 Å². The van der Waals surface area contributed by atoms with Gasteiger partial charge in [0.15, 0.2) is 0 Å². The zero-order valence-corrected chi connectivity index (χ0v) is 12.5. The van der Waals surface area contributed by atoms with E-state index in [2.05, 4.69) is 22.3 Å². The second-order valence-electron chi connectivity index (χ2n) is 5.47. The second kappa shape index (κ2) is 5.91. The second-order valence-corrected chi connectivity index (χ2v) is 6.42. The molecule has 20 heavy (non-hydrogen) atoms. The predicted octanol–water partition coefficient (Wildman–Crippen LogP) is 2.92. The van der Waals surface area contributed by atoms with E-state index in [1.54, 1.807) is 6.20 Å². The first-order valence-electron chi connectivity index (χ1n) is 7.39. The molecule has 1 N–H and O–H groups in total. The summed E-state index contributed by atoms with van der Waals surface area (Å²) in [5.74, 6) is 0.742. The molecule has 1 aliphatic rings. The molecule has 1 fully saturated rings. The molecule has 2 aromatic heterocycles. The summed E-state index contributed by atoms with van der Waals surface area (Å²) in [5, 5.41) is 8.68. The van der Waals surface area contributed by atoms with Gasteiger partial charge in [-0.2, -0.15) is 4.52 Å². The number of fused-ring (bicyclic) bond motifs is 1. The number of nitrogens with one attached hydrogen (secondary N) is 1. The van der Waals surface area contributed by atoms with E-state index in [4.69, 9.17) is 0 Å². The van der Waals surface area contributed by atoms with Gasteiger partial charge in [-0.05, 0) is 25.2 Å². The molecule has 108 valence electrons. The molecular formula is C14H20N4OS. The SMILES string of the molecule is CCCC[C@H]1CCC[C@H]1Nc1nn2c(=O)ccnc2s1. The van der Waals surface area contributed by atoms with E-state index in [1.165, 1.54) is 60.4 Å². The van der Waals surface area contributed by atoms with Crippen LogP contribution in [0.1, 0.15) is 45.4 Å². The largest absolute Gasteiger partial charge is 0.357 e. The van der Waals surface area contributed by atoms with Crippen LogP contribution in [0.2, 0.25) is 0 Å². The van der Waals surface area contributed by atoms with Crippen molar-refractivity contribution in [1.82, 2.24) is 14.6 Å². The smallest absolute Gasteiger partial charge is 0.275 e. The summed E-state index contributed by atoms with van der Waals surface area (Å²) in [6.45, 7) is 2.24. The van der Waals surface area contributed by atoms with E-state index >= 15 is 0 Å². The molecule has 0 amide bonds. The molecule has 1 saturated carbocycles. The molecule has 0 radical (unpaired) electrons. The normalized spacial score (nSPS) is 22.4. The molecule has 6 heteroatoms. The van der Waals surface area contributed by atoms with Crippen LogP contribution in [-0.4, -0.2) is 20.6 Å². The first-order chi connectivity index (χ1) is 9.78. The van der Waals surface area contributed by atoms with Gasteiger partial charge in [0.25, 0.3) is 5.56 Å². The highest BCUT2D eigenvalue weighted by Crippen LogP contribution is 2.32. The summed E-state index contributed by atoms with van der Waals surface area (Å²) in [4.78, 5) is 16.5. The molecule has 5 nitrogen and oxygen atoms in total. The highest BCUT2D eigenvalue weighted by Gasteiger charge is 2.27. The van der Waals surface area contributed by atoms with E-state index < -0.39 is 0 Å². The van der Waals surface area contributed by atoms with Crippen LogP contribution < -0.4 is 10.9 Å². The molecule has 0 aromatic carbocycles. The molecule has 1 aliphatic carbocycles. The van der Waals surface area contributed by atoms with Crippen LogP contribution in [0, 0.1) is 5.92 Å². The monoisotopic (exact) mass is 292 g/mol. The minimum Gasteiger partial charge on any atom is -0.357 e. The molecule has 2 atom stereocenters. The molecule has 2 aromatic rings. The van der Waals surface area contributed by atoms with E-state index in [0.717, 1.165) is 11.0 Å². The fourth-order valence-electron chi connectivity index (χ4n) is 3.00. The van der Waals surface area contributed by atoms with Crippen LogP contribution in [0.25, 0.3) is 4.96 Å². The Labute approximate surface area is 122 Å². The highest BCUT2D eigenvalue weighted by molar-refractivity contribution is 7.20. The third kappa shape index (κ3) is 2.70.